The predicted molar refractivity (Wildman–Crippen MR) is 85.5 cm³/mol. The van der Waals surface area contributed by atoms with Crippen molar-refractivity contribution in [1.82, 2.24) is 0 Å². The van der Waals surface area contributed by atoms with Crippen LogP contribution in [0.3, 0.4) is 0 Å². The summed E-state index contributed by atoms with van der Waals surface area (Å²) in [6.07, 6.45) is 0.0857. The van der Waals surface area contributed by atoms with Crippen molar-refractivity contribution in [2.45, 2.75) is 19.3 Å². The monoisotopic (exact) mass is 314 g/mol. The van der Waals surface area contributed by atoms with E-state index < -0.39 is 11.9 Å². The third-order valence-electron chi connectivity index (χ3n) is 3.84. The summed E-state index contributed by atoms with van der Waals surface area (Å²) in [4.78, 5) is 24.4. The molecule has 0 spiro atoms. The Morgan fingerprint density at radius 2 is 1.71 bits per heavy atom. The van der Waals surface area contributed by atoms with E-state index in [9.17, 15) is 14.7 Å². The number of rotatable bonds is 4. The molecule has 5 heteroatoms. The van der Waals surface area contributed by atoms with Crippen molar-refractivity contribution in [3.05, 3.63) is 75.9 Å². The molecule has 3 aromatic rings. The van der Waals surface area contributed by atoms with Crippen LogP contribution in [0.2, 0.25) is 0 Å². The van der Waals surface area contributed by atoms with Gasteiger partial charge in [-0.05, 0) is 24.6 Å². The zero-order valence-corrected chi connectivity index (χ0v) is 13.6. The van der Waals surface area contributed by atoms with E-state index in [0.717, 1.165) is 5.56 Å². The minimum absolute atomic E-state index is 0. The van der Waals surface area contributed by atoms with Gasteiger partial charge in [0.05, 0.1) is 5.95 Å². The minimum atomic E-state index is -0.677. The summed E-state index contributed by atoms with van der Waals surface area (Å²) in [6.45, 7) is 1.45. The summed E-state index contributed by atoms with van der Waals surface area (Å²) in [7, 11) is 0. The van der Waals surface area contributed by atoms with Gasteiger partial charge >= 0.3 is 18.9 Å². The number of Topliss-reactive ketones (excluding diaryl/α,β-unsaturated/α-hetero) is 1. The van der Waals surface area contributed by atoms with Gasteiger partial charge in [-0.2, -0.15) is 0 Å². The zero-order chi connectivity index (χ0) is 16.4. The number of hydrogen-bond donors (Lipinski definition) is 0. The van der Waals surface area contributed by atoms with Crippen LogP contribution in [0.5, 0.6) is 5.95 Å². The average molecular weight is 314 g/mol. The molecule has 0 aliphatic heterocycles. The van der Waals surface area contributed by atoms with Gasteiger partial charge in [0.25, 0.3) is 0 Å². The van der Waals surface area contributed by atoms with Crippen LogP contribution in [0.1, 0.15) is 30.4 Å². The maximum absolute atomic E-state index is 12.8. The number of carbonyl (C=O) groups is 1. The van der Waals surface area contributed by atoms with Crippen molar-refractivity contribution in [1.29, 1.82) is 0 Å². The fraction of sp³-hybridized carbons (Fsp3) is 0.158. The summed E-state index contributed by atoms with van der Waals surface area (Å²) in [5.41, 5.74) is 0.667. The fourth-order valence-corrected chi connectivity index (χ4v) is 2.80. The summed E-state index contributed by atoms with van der Waals surface area (Å²) in [5.74, 6) is -1.36. The van der Waals surface area contributed by atoms with Crippen LogP contribution in [0.25, 0.3) is 11.0 Å². The number of hydrogen-bond acceptors (Lipinski definition) is 4. The molecule has 0 radical (unpaired) electrons. The molecule has 4 nitrogen and oxygen atoms in total. The van der Waals surface area contributed by atoms with Crippen molar-refractivity contribution in [2.24, 2.45) is 0 Å². The van der Waals surface area contributed by atoms with E-state index in [1.807, 2.05) is 30.3 Å². The van der Waals surface area contributed by atoms with Crippen molar-refractivity contribution >= 4 is 16.8 Å². The first-order valence-electron chi connectivity index (χ1n) is 7.35. The van der Waals surface area contributed by atoms with Crippen LogP contribution in [-0.4, -0.2) is 5.78 Å². The second-order valence-electron chi connectivity index (χ2n) is 5.50. The van der Waals surface area contributed by atoms with Crippen molar-refractivity contribution in [3.63, 3.8) is 0 Å². The Labute approximate surface area is 151 Å². The second-order valence-corrected chi connectivity index (χ2v) is 5.50. The number of carbonyl (C=O) groups excluding carboxylic acids is 1. The Morgan fingerprint density at radius 3 is 2.38 bits per heavy atom. The number of ketones is 1. The molecule has 3 rings (SSSR count). The summed E-state index contributed by atoms with van der Waals surface area (Å²) >= 11 is 0. The van der Waals surface area contributed by atoms with Crippen LogP contribution < -0.4 is 29.4 Å². The van der Waals surface area contributed by atoms with Gasteiger partial charge in [0.2, 0.25) is 0 Å². The van der Waals surface area contributed by atoms with Gasteiger partial charge in [-0.3, -0.25) is 9.59 Å². The molecular weight excluding hydrogens is 299 g/mol. The Bertz CT molecular complexity index is 916. The maximum Gasteiger partial charge on any atom is 1.00 e. The summed E-state index contributed by atoms with van der Waals surface area (Å²) in [5, 5.41) is 12.7. The summed E-state index contributed by atoms with van der Waals surface area (Å²) < 4.78 is 5.29. The van der Waals surface area contributed by atoms with Gasteiger partial charge in [0, 0.05) is 28.9 Å². The molecule has 0 saturated carbocycles. The van der Waals surface area contributed by atoms with Gasteiger partial charge in [0.1, 0.15) is 5.78 Å². The van der Waals surface area contributed by atoms with Gasteiger partial charge < -0.3 is 9.52 Å². The van der Waals surface area contributed by atoms with E-state index in [-0.39, 0.29) is 47.6 Å². The normalized spacial score (nSPS) is 11.7. The smallest absolute Gasteiger partial charge is 0.578 e. The molecule has 116 valence electrons. The molecule has 1 atom stereocenters. The number of para-hydroxylation sites is 1. The average Bonchev–Trinajstić information content (AvgIpc) is 2.54. The van der Waals surface area contributed by atoms with Crippen LogP contribution in [-0.2, 0) is 4.79 Å². The van der Waals surface area contributed by atoms with Crippen LogP contribution >= 0.6 is 0 Å². The van der Waals surface area contributed by atoms with Crippen molar-refractivity contribution < 1.29 is 33.2 Å². The summed E-state index contributed by atoms with van der Waals surface area (Å²) in [6, 6.07) is 15.7. The van der Waals surface area contributed by atoms with Crippen LogP contribution in [0.15, 0.2) is 63.8 Å². The largest absolute Gasteiger partial charge is 1.00 e. The molecule has 1 heterocycles. The molecule has 0 aliphatic carbocycles. The first-order valence-corrected chi connectivity index (χ1v) is 7.35. The molecule has 0 aliphatic rings. The van der Waals surface area contributed by atoms with E-state index >= 15 is 0 Å². The molecule has 0 bridgehead atoms. The molecule has 1 unspecified atom stereocenters. The quantitative estimate of drug-likeness (QED) is 0.635. The first-order chi connectivity index (χ1) is 11.1. The molecule has 0 N–H and O–H groups in total. The standard InChI is InChI=1S/C19H16O4.Li/c1-12(20)11-15(13-7-3-2-4-8-13)17-18(21)14-9-5-6-10-16(14)23-19(17)22;/h2-10,15,22H,11H2,1H3;/q;+1/p-1. The predicted octanol–water partition coefficient (Wildman–Crippen LogP) is -0.0184. The minimum Gasteiger partial charge on any atom is -0.578 e. The maximum atomic E-state index is 12.8. The molecule has 0 saturated heterocycles. The van der Waals surface area contributed by atoms with Gasteiger partial charge in [0.15, 0.2) is 5.43 Å². The van der Waals surface area contributed by atoms with E-state index in [2.05, 4.69) is 0 Å². The van der Waals surface area contributed by atoms with E-state index in [1.165, 1.54) is 6.92 Å². The topological polar surface area (TPSA) is 70.3 Å². The van der Waals surface area contributed by atoms with Crippen LogP contribution in [0, 0.1) is 0 Å². The molecule has 24 heavy (non-hydrogen) atoms. The number of fused-ring (bicyclic) bond motifs is 1. The zero-order valence-electron chi connectivity index (χ0n) is 13.6. The Balaban J connectivity index is 0.00000208. The molecule has 0 fully saturated rings. The Kier molecular flexibility index (Phi) is 5.66. The third-order valence-corrected chi connectivity index (χ3v) is 3.84. The first kappa shape index (κ1) is 18.1. The fourth-order valence-electron chi connectivity index (χ4n) is 2.80. The van der Waals surface area contributed by atoms with Crippen molar-refractivity contribution in [3.8, 4) is 5.95 Å². The van der Waals surface area contributed by atoms with Gasteiger partial charge in [-0.1, -0.05) is 42.5 Å². The van der Waals surface area contributed by atoms with E-state index in [4.69, 9.17) is 4.42 Å². The molecule has 1 aromatic heterocycles. The van der Waals surface area contributed by atoms with E-state index in [1.54, 1.807) is 24.3 Å². The SMILES string of the molecule is CC(=O)CC(c1ccccc1)c1c([O-])oc2ccccc2c1=O.[Li+]. The van der Waals surface area contributed by atoms with Gasteiger partial charge in [-0.25, -0.2) is 0 Å². The van der Waals surface area contributed by atoms with Gasteiger partial charge in [-0.15, -0.1) is 0 Å². The Morgan fingerprint density at radius 1 is 1.08 bits per heavy atom. The third kappa shape index (κ3) is 3.45. The molecular formula is C19H15LiO4. The molecule has 2 aromatic carbocycles. The van der Waals surface area contributed by atoms with E-state index in [0.29, 0.717) is 5.39 Å². The Hall–Kier alpha value is -2.28. The van der Waals surface area contributed by atoms with Crippen molar-refractivity contribution in [2.75, 3.05) is 0 Å². The number of benzene rings is 2. The van der Waals surface area contributed by atoms with Crippen LogP contribution in [0.4, 0.5) is 0 Å². The molecule has 0 amide bonds. The second kappa shape index (κ2) is 7.52.